The van der Waals surface area contributed by atoms with Crippen LogP contribution in [0.2, 0.25) is 0 Å². The summed E-state index contributed by atoms with van der Waals surface area (Å²) in [6, 6.07) is 9.51. The molecule has 0 aromatic heterocycles. The maximum Gasteiger partial charge on any atom is 0.338 e. The van der Waals surface area contributed by atoms with Gasteiger partial charge in [-0.2, -0.15) is 0 Å². The van der Waals surface area contributed by atoms with Gasteiger partial charge in [-0.1, -0.05) is 24.3 Å². The molecule has 0 spiro atoms. The van der Waals surface area contributed by atoms with E-state index in [2.05, 4.69) is 5.32 Å². The van der Waals surface area contributed by atoms with Crippen molar-refractivity contribution in [3.8, 4) is 0 Å². The molecule has 0 aliphatic heterocycles. The fourth-order valence-corrected chi connectivity index (χ4v) is 2.70. The number of carboxylic acids is 1. The van der Waals surface area contributed by atoms with Gasteiger partial charge in [0, 0.05) is 12.1 Å². The first-order valence-corrected chi connectivity index (χ1v) is 6.60. The van der Waals surface area contributed by atoms with Crippen molar-refractivity contribution in [2.24, 2.45) is 0 Å². The largest absolute Gasteiger partial charge is 0.478 e. The number of aromatic carboxylic acids is 1. The van der Waals surface area contributed by atoms with Crippen LogP contribution in [0.4, 0.5) is 14.5 Å². The first-order chi connectivity index (χ1) is 10.0. The number of rotatable bonds is 3. The first-order valence-electron chi connectivity index (χ1n) is 6.60. The number of anilines is 1. The molecule has 0 bridgehead atoms. The highest BCUT2D eigenvalue weighted by molar-refractivity contribution is 5.89. The highest BCUT2D eigenvalue weighted by Gasteiger charge is 2.23. The molecule has 0 unspecified atom stereocenters. The Bertz CT molecular complexity index is 690. The lowest BCUT2D eigenvalue weighted by Crippen LogP contribution is -2.20. The Morgan fingerprint density at radius 3 is 2.29 bits per heavy atom. The molecule has 3 nitrogen and oxygen atoms in total. The lowest BCUT2D eigenvalue weighted by atomic mass is 10.1. The highest BCUT2D eigenvalue weighted by Crippen LogP contribution is 2.26. The zero-order valence-electron chi connectivity index (χ0n) is 11.1. The Hall–Kier alpha value is -2.43. The van der Waals surface area contributed by atoms with E-state index in [9.17, 15) is 13.6 Å². The smallest absolute Gasteiger partial charge is 0.338 e. The van der Waals surface area contributed by atoms with E-state index >= 15 is 0 Å². The van der Waals surface area contributed by atoms with E-state index in [0.29, 0.717) is 6.07 Å². The van der Waals surface area contributed by atoms with Crippen LogP contribution in [-0.2, 0) is 12.8 Å². The van der Waals surface area contributed by atoms with Gasteiger partial charge in [-0.25, -0.2) is 13.6 Å². The van der Waals surface area contributed by atoms with E-state index in [-0.39, 0.29) is 11.7 Å². The zero-order valence-corrected chi connectivity index (χ0v) is 11.1. The van der Waals surface area contributed by atoms with Gasteiger partial charge in [0.25, 0.3) is 0 Å². The molecule has 5 heteroatoms. The Balaban J connectivity index is 1.83. The van der Waals surface area contributed by atoms with Crippen LogP contribution in [0.25, 0.3) is 0 Å². The number of hydrogen-bond acceptors (Lipinski definition) is 2. The molecule has 0 heterocycles. The molecule has 0 saturated carbocycles. The molecule has 1 aliphatic carbocycles. The van der Waals surface area contributed by atoms with Crippen molar-refractivity contribution in [1.82, 2.24) is 0 Å². The average molecular weight is 289 g/mol. The van der Waals surface area contributed by atoms with Crippen LogP contribution in [0.15, 0.2) is 36.4 Å². The fourth-order valence-electron chi connectivity index (χ4n) is 2.70. The van der Waals surface area contributed by atoms with Crippen molar-refractivity contribution >= 4 is 11.7 Å². The number of carboxylic acid groups (broad SMARTS) is 1. The summed E-state index contributed by atoms with van der Waals surface area (Å²) >= 11 is 0. The van der Waals surface area contributed by atoms with E-state index in [1.54, 1.807) is 0 Å². The normalized spacial score (nSPS) is 14.0. The van der Waals surface area contributed by atoms with Crippen molar-refractivity contribution in [2.75, 3.05) is 5.32 Å². The number of benzene rings is 2. The summed E-state index contributed by atoms with van der Waals surface area (Å²) in [7, 11) is 0. The van der Waals surface area contributed by atoms with Crippen LogP contribution in [0.5, 0.6) is 0 Å². The van der Waals surface area contributed by atoms with Crippen molar-refractivity contribution < 1.29 is 18.7 Å². The molecule has 1 aliphatic rings. The molecule has 2 aromatic carbocycles. The second kappa shape index (κ2) is 5.16. The lowest BCUT2D eigenvalue weighted by molar-refractivity contribution is 0.0692. The monoisotopic (exact) mass is 289 g/mol. The van der Waals surface area contributed by atoms with Gasteiger partial charge in [-0.3, -0.25) is 0 Å². The SMILES string of the molecule is O=C(O)c1cc(NC2Cc3ccccc3C2)c(F)cc1F. The third kappa shape index (κ3) is 2.59. The van der Waals surface area contributed by atoms with Crippen LogP contribution < -0.4 is 5.32 Å². The summed E-state index contributed by atoms with van der Waals surface area (Å²) in [6.07, 6.45) is 1.46. The summed E-state index contributed by atoms with van der Waals surface area (Å²) < 4.78 is 27.1. The topological polar surface area (TPSA) is 49.3 Å². The standard InChI is InChI=1S/C16H13F2NO2/c17-13-8-14(18)15(7-12(13)16(20)21)19-11-5-9-3-1-2-4-10(9)6-11/h1-4,7-8,11,19H,5-6H2,(H,20,21). The molecular weight excluding hydrogens is 276 g/mol. The van der Waals surface area contributed by atoms with Gasteiger partial charge in [0.1, 0.15) is 11.6 Å². The Labute approximate surface area is 120 Å². The number of hydrogen-bond donors (Lipinski definition) is 2. The van der Waals surface area contributed by atoms with E-state index < -0.39 is 23.2 Å². The van der Waals surface area contributed by atoms with Crippen molar-refractivity contribution in [1.29, 1.82) is 0 Å². The first kappa shape index (κ1) is 13.5. The molecule has 2 aromatic rings. The zero-order chi connectivity index (χ0) is 15.0. The van der Waals surface area contributed by atoms with E-state index in [1.165, 1.54) is 11.1 Å². The number of halogens is 2. The maximum absolute atomic E-state index is 13.8. The van der Waals surface area contributed by atoms with Gasteiger partial charge in [0.15, 0.2) is 0 Å². The second-order valence-corrected chi connectivity index (χ2v) is 5.14. The predicted octanol–water partition coefficient (Wildman–Crippen LogP) is 3.24. The summed E-state index contributed by atoms with van der Waals surface area (Å²) in [6.45, 7) is 0. The predicted molar refractivity (Wildman–Crippen MR) is 74.6 cm³/mol. The number of nitrogens with one attached hydrogen (secondary N) is 1. The summed E-state index contributed by atoms with van der Waals surface area (Å²) in [5, 5.41) is 11.9. The van der Waals surface area contributed by atoms with Crippen LogP contribution in [0.3, 0.4) is 0 Å². The van der Waals surface area contributed by atoms with Crippen molar-refractivity contribution in [2.45, 2.75) is 18.9 Å². The third-order valence-electron chi connectivity index (χ3n) is 3.70. The van der Waals surface area contributed by atoms with Crippen LogP contribution >= 0.6 is 0 Å². The molecule has 108 valence electrons. The molecule has 21 heavy (non-hydrogen) atoms. The second-order valence-electron chi connectivity index (χ2n) is 5.14. The summed E-state index contributed by atoms with van der Waals surface area (Å²) in [4.78, 5) is 10.9. The van der Waals surface area contributed by atoms with E-state index in [0.717, 1.165) is 18.9 Å². The van der Waals surface area contributed by atoms with Gasteiger partial charge in [-0.05, 0) is 30.0 Å². The maximum atomic E-state index is 13.8. The van der Waals surface area contributed by atoms with Gasteiger partial charge < -0.3 is 10.4 Å². The summed E-state index contributed by atoms with van der Waals surface area (Å²) in [5.41, 5.74) is 1.87. The van der Waals surface area contributed by atoms with Crippen LogP contribution in [0, 0.1) is 11.6 Å². The van der Waals surface area contributed by atoms with Crippen LogP contribution in [-0.4, -0.2) is 17.1 Å². The minimum atomic E-state index is -1.41. The fraction of sp³-hybridized carbons (Fsp3) is 0.188. The number of carbonyl (C=O) groups is 1. The molecular formula is C16H13F2NO2. The van der Waals surface area contributed by atoms with Gasteiger partial charge in [0.05, 0.1) is 11.3 Å². The Morgan fingerprint density at radius 2 is 1.71 bits per heavy atom. The number of fused-ring (bicyclic) bond motifs is 1. The third-order valence-corrected chi connectivity index (χ3v) is 3.70. The molecule has 2 N–H and O–H groups in total. The molecule has 0 fully saturated rings. The minimum absolute atomic E-state index is 0.0200. The molecule has 0 saturated heterocycles. The van der Waals surface area contributed by atoms with E-state index in [1.807, 2.05) is 24.3 Å². The van der Waals surface area contributed by atoms with Gasteiger partial charge in [0.2, 0.25) is 0 Å². The summed E-state index contributed by atoms with van der Waals surface area (Å²) in [5.74, 6) is -3.26. The molecule has 0 atom stereocenters. The average Bonchev–Trinajstić information content (AvgIpc) is 2.83. The van der Waals surface area contributed by atoms with Gasteiger partial charge >= 0.3 is 5.97 Å². The molecule has 3 rings (SSSR count). The van der Waals surface area contributed by atoms with Crippen LogP contribution in [0.1, 0.15) is 21.5 Å². The van der Waals surface area contributed by atoms with Crippen molar-refractivity contribution in [3.05, 3.63) is 64.7 Å². The Morgan fingerprint density at radius 1 is 1.10 bits per heavy atom. The molecule has 0 amide bonds. The highest BCUT2D eigenvalue weighted by atomic mass is 19.1. The lowest BCUT2D eigenvalue weighted by Gasteiger charge is -2.15. The minimum Gasteiger partial charge on any atom is -0.478 e. The van der Waals surface area contributed by atoms with Gasteiger partial charge in [-0.15, -0.1) is 0 Å². The Kier molecular flexibility index (Phi) is 3.33. The quantitative estimate of drug-likeness (QED) is 0.912. The van der Waals surface area contributed by atoms with E-state index in [4.69, 9.17) is 5.11 Å². The molecule has 0 radical (unpaired) electrons. The van der Waals surface area contributed by atoms with Crippen molar-refractivity contribution in [3.63, 3.8) is 0 Å².